The highest BCUT2D eigenvalue weighted by atomic mass is 19.1. The molecule has 1 saturated heterocycles. The minimum atomic E-state index is -0.529. The van der Waals surface area contributed by atoms with Crippen LogP contribution in [-0.4, -0.2) is 46.3 Å². The molecule has 1 aliphatic heterocycles. The normalized spacial score (nSPS) is 14.1. The fourth-order valence-electron chi connectivity index (χ4n) is 3.73. The monoisotopic (exact) mass is 399 g/mol. The Bertz CT molecular complexity index is 1250. The van der Waals surface area contributed by atoms with E-state index < -0.39 is 5.82 Å². The number of aromatic nitrogens is 4. The lowest BCUT2D eigenvalue weighted by Crippen LogP contribution is -2.43. The van der Waals surface area contributed by atoms with E-state index in [9.17, 15) is 9.65 Å². The van der Waals surface area contributed by atoms with Gasteiger partial charge >= 0.3 is 0 Å². The molecule has 2 aromatic heterocycles. The van der Waals surface area contributed by atoms with Crippen LogP contribution in [0.1, 0.15) is 5.56 Å². The fourth-order valence-corrected chi connectivity index (χ4v) is 3.73. The van der Waals surface area contributed by atoms with Crippen LogP contribution < -0.4 is 10.2 Å². The quantitative estimate of drug-likeness (QED) is 0.550. The van der Waals surface area contributed by atoms with Crippen LogP contribution in [0.4, 0.5) is 10.1 Å². The maximum Gasteiger partial charge on any atom is 0.164 e. The molecule has 0 atom stereocenters. The summed E-state index contributed by atoms with van der Waals surface area (Å²) < 4.78 is 14.4. The summed E-state index contributed by atoms with van der Waals surface area (Å²) in [5, 5.41) is 20.0. The molecule has 30 heavy (non-hydrogen) atoms. The molecule has 2 aromatic carbocycles. The predicted molar refractivity (Wildman–Crippen MR) is 112 cm³/mol. The van der Waals surface area contributed by atoms with Crippen LogP contribution in [0.3, 0.4) is 0 Å². The molecule has 148 valence electrons. The molecule has 4 aromatic rings. The molecule has 0 radical (unpaired) electrons. The van der Waals surface area contributed by atoms with Gasteiger partial charge < -0.3 is 10.2 Å². The van der Waals surface area contributed by atoms with Crippen LogP contribution in [0.25, 0.3) is 33.7 Å². The first kappa shape index (κ1) is 18.2. The van der Waals surface area contributed by atoms with E-state index in [4.69, 9.17) is 0 Å². The Morgan fingerprint density at radius 1 is 1.07 bits per heavy atom. The van der Waals surface area contributed by atoms with Gasteiger partial charge in [0.15, 0.2) is 5.82 Å². The minimum Gasteiger partial charge on any atom is -0.369 e. The lowest BCUT2D eigenvalue weighted by atomic mass is 10.1. The molecule has 0 spiro atoms. The summed E-state index contributed by atoms with van der Waals surface area (Å²) in [6.45, 7) is 3.91. The van der Waals surface area contributed by atoms with E-state index in [1.807, 2.05) is 18.2 Å². The van der Waals surface area contributed by atoms with Gasteiger partial charge in [0.2, 0.25) is 0 Å². The lowest BCUT2D eigenvalue weighted by molar-refractivity contribution is 0.589. The Hall–Kier alpha value is -3.83. The van der Waals surface area contributed by atoms with Crippen molar-refractivity contribution in [2.75, 3.05) is 31.1 Å². The third kappa shape index (κ3) is 3.15. The van der Waals surface area contributed by atoms with E-state index in [1.54, 1.807) is 12.3 Å². The average Bonchev–Trinajstić information content (AvgIpc) is 3.23. The van der Waals surface area contributed by atoms with Gasteiger partial charge in [-0.3, -0.25) is 5.10 Å². The first-order valence-electron chi connectivity index (χ1n) is 9.71. The molecule has 5 rings (SSSR count). The summed E-state index contributed by atoms with van der Waals surface area (Å²) in [5.41, 5.74) is 4.26. The van der Waals surface area contributed by atoms with E-state index >= 15 is 0 Å². The Balaban J connectivity index is 1.55. The smallest absolute Gasteiger partial charge is 0.164 e. The summed E-state index contributed by atoms with van der Waals surface area (Å²) in [4.78, 5) is 11.1. The Kier molecular flexibility index (Phi) is 4.58. The van der Waals surface area contributed by atoms with Crippen molar-refractivity contribution in [1.82, 2.24) is 25.5 Å². The summed E-state index contributed by atoms with van der Waals surface area (Å²) in [6.07, 6.45) is 1.57. The van der Waals surface area contributed by atoms with Gasteiger partial charge in [-0.15, -0.1) is 0 Å². The van der Waals surface area contributed by atoms with Crippen molar-refractivity contribution >= 4 is 16.7 Å². The topological polar surface area (TPSA) is 93.5 Å². The average molecular weight is 399 g/mol. The summed E-state index contributed by atoms with van der Waals surface area (Å²) >= 11 is 0. The molecule has 0 unspecified atom stereocenters. The number of benzene rings is 2. The number of hydrogen-bond donors (Lipinski definition) is 2. The van der Waals surface area contributed by atoms with Gasteiger partial charge in [-0.25, -0.2) is 14.4 Å². The molecule has 0 aliphatic carbocycles. The Labute approximate surface area is 172 Å². The number of nitrogens with zero attached hydrogens (tertiary/aromatic N) is 5. The van der Waals surface area contributed by atoms with Gasteiger partial charge in [0.1, 0.15) is 22.5 Å². The highest BCUT2D eigenvalue weighted by molar-refractivity contribution is 5.90. The molecule has 1 aliphatic rings. The SMILES string of the molecule is N#Cc1cccc(F)c1-c1ncc2[nH]nc(-c3ccc(N4CCNCC4)cc3)c2n1. The van der Waals surface area contributed by atoms with Crippen molar-refractivity contribution in [3.8, 4) is 28.7 Å². The molecule has 1 fully saturated rings. The fraction of sp³-hybridized carbons (Fsp3) is 0.182. The van der Waals surface area contributed by atoms with Crippen molar-refractivity contribution in [2.45, 2.75) is 0 Å². The molecule has 0 saturated carbocycles. The first-order chi connectivity index (χ1) is 14.7. The van der Waals surface area contributed by atoms with Crippen molar-refractivity contribution in [2.24, 2.45) is 0 Å². The second-order valence-corrected chi connectivity index (χ2v) is 7.09. The number of aromatic amines is 1. The molecule has 0 amide bonds. The van der Waals surface area contributed by atoms with Crippen LogP contribution in [-0.2, 0) is 0 Å². The van der Waals surface area contributed by atoms with Crippen LogP contribution in [0.5, 0.6) is 0 Å². The maximum atomic E-state index is 14.4. The molecular formula is C22H18FN7. The second kappa shape index (κ2) is 7.54. The number of hydrogen-bond acceptors (Lipinski definition) is 6. The number of nitrogens with one attached hydrogen (secondary N) is 2. The van der Waals surface area contributed by atoms with Gasteiger partial charge in [-0.1, -0.05) is 18.2 Å². The lowest BCUT2D eigenvalue weighted by Gasteiger charge is -2.29. The zero-order valence-electron chi connectivity index (χ0n) is 16.1. The molecule has 8 heteroatoms. The molecule has 3 heterocycles. The number of H-pyrrole nitrogens is 1. The van der Waals surface area contributed by atoms with Crippen molar-refractivity contribution in [1.29, 1.82) is 5.26 Å². The first-order valence-corrected chi connectivity index (χ1v) is 9.71. The maximum absolute atomic E-state index is 14.4. The van der Waals surface area contributed by atoms with E-state index in [0.29, 0.717) is 16.7 Å². The molecule has 7 nitrogen and oxygen atoms in total. The third-order valence-corrected chi connectivity index (χ3v) is 5.28. The van der Waals surface area contributed by atoms with Gasteiger partial charge in [0, 0.05) is 37.4 Å². The van der Waals surface area contributed by atoms with Gasteiger partial charge in [0.05, 0.1) is 23.4 Å². The molecule has 2 N–H and O–H groups in total. The van der Waals surface area contributed by atoms with E-state index in [1.165, 1.54) is 17.8 Å². The standard InChI is InChI=1S/C22H18FN7/c23-17-3-1-2-15(12-24)19(17)22-26-13-18-21(27-22)20(29-28-18)14-4-6-16(7-5-14)30-10-8-25-9-11-30/h1-7,13,25H,8-11H2,(H,28,29). The van der Waals surface area contributed by atoms with E-state index in [-0.39, 0.29) is 17.0 Å². The third-order valence-electron chi connectivity index (χ3n) is 5.28. The van der Waals surface area contributed by atoms with Gasteiger partial charge in [-0.05, 0) is 24.3 Å². The second-order valence-electron chi connectivity index (χ2n) is 7.09. The van der Waals surface area contributed by atoms with Crippen LogP contribution in [0, 0.1) is 17.1 Å². The van der Waals surface area contributed by atoms with Crippen LogP contribution in [0.15, 0.2) is 48.7 Å². The zero-order valence-corrected chi connectivity index (χ0v) is 16.1. The van der Waals surface area contributed by atoms with Crippen molar-refractivity contribution in [3.05, 3.63) is 60.0 Å². The number of halogens is 1. The van der Waals surface area contributed by atoms with E-state index in [2.05, 4.69) is 42.5 Å². The Morgan fingerprint density at radius 3 is 2.63 bits per heavy atom. The predicted octanol–water partition coefficient (Wildman–Crippen LogP) is 3.11. The summed E-state index contributed by atoms with van der Waals surface area (Å²) in [5.74, 6) is -0.365. The number of rotatable bonds is 3. The number of nitriles is 1. The molecule has 0 bridgehead atoms. The Morgan fingerprint density at radius 2 is 1.87 bits per heavy atom. The van der Waals surface area contributed by atoms with Crippen molar-refractivity contribution in [3.63, 3.8) is 0 Å². The van der Waals surface area contributed by atoms with E-state index in [0.717, 1.165) is 31.7 Å². The van der Waals surface area contributed by atoms with Crippen LogP contribution in [0.2, 0.25) is 0 Å². The minimum absolute atomic E-state index is 0.100. The summed E-state index contributed by atoms with van der Waals surface area (Å²) in [6, 6.07) is 14.5. The summed E-state index contributed by atoms with van der Waals surface area (Å²) in [7, 11) is 0. The van der Waals surface area contributed by atoms with Gasteiger partial charge in [-0.2, -0.15) is 10.4 Å². The number of fused-ring (bicyclic) bond motifs is 1. The highest BCUT2D eigenvalue weighted by Gasteiger charge is 2.17. The molecular weight excluding hydrogens is 381 g/mol. The highest BCUT2D eigenvalue weighted by Crippen LogP contribution is 2.30. The number of piperazine rings is 1. The van der Waals surface area contributed by atoms with Crippen molar-refractivity contribution < 1.29 is 4.39 Å². The number of anilines is 1. The van der Waals surface area contributed by atoms with Crippen LogP contribution >= 0.6 is 0 Å². The zero-order chi connectivity index (χ0) is 20.5. The van der Waals surface area contributed by atoms with Gasteiger partial charge in [0.25, 0.3) is 0 Å². The largest absolute Gasteiger partial charge is 0.369 e.